The minimum Gasteiger partial charge on any atom is -0.304 e. The molecular formula is C29H27F3N4O2S. The lowest BCUT2D eigenvalue weighted by molar-refractivity contribution is -0.137. The Morgan fingerprint density at radius 1 is 0.718 bits per heavy atom. The number of alkyl halides is 3. The number of hydrogen-bond donors (Lipinski definition) is 0. The van der Waals surface area contributed by atoms with E-state index in [-0.39, 0.29) is 4.90 Å². The molecule has 4 aromatic rings. The van der Waals surface area contributed by atoms with Gasteiger partial charge in [-0.25, -0.2) is 13.4 Å². The second-order valence-electron chi connectivity index (χ2n) is 9.60. The average molecular weight is 553 g/mol. The quantitative estimate of drug-likeness (QED) is 0.316. The van der Waals surface area contributed by atoms with Crippen molar-refractivity contribution in [3.8, 4) is 33.8 Å². The number of rotatable bonds is 5. The Kier molecular flexibility index (Phi) is 7.28. The maximum Gasteiger partial charge on any atom is 0.416 e. The lowest BCUT2D eigenvalue weighted by Gasteiger charge is -2.31. The molecule has 2 aromatic carbocycles. The maximum atomic E-state index is 13.3. The number of aryl methyl sites for hydroxylation is 1. The molecule has 6 nitrogen and oxygen atoms in total. The highest BCUT2D eigenvalue weighted by Gasteiger charge is 2.30. The molecule has 39 heavy (non-hydrogen) atoms. The summed E-state index contributed by atoms with van der Waals surface area (Å²) in [7, 11) is -1.67. The van der Waals surface area contributed by atoms with Crippen LogP contribution in [-0.4, -0.2) is 60.8 Å². The van der Waals surface area contributed by atoms with Crippen molar-refractivity contribution in [2.45, 2.75) is 18.0 Å². The predicted molar refractivity (Wildman–Crippen MR) is 144 cm³/mol. The van der Waals surface area contributed by atoms with Gasteiger partial charge in [0.2, 0.25) is 10.0 Å². The molecule has 0 unspecified atom stereocenters. The van der Waals surface area contributed by atoms with Gasteiger partial charge >= 0.3 is 6.18 Å². The smallest absolute Gasteiger partial charge is 0.304 e. The number of nitrogens with zero attached hydrogens (tertiary/aromatic N) is 4. The number of sulfonamides is 1. The Morgan fingerprint density at radius 2 is 1.38 bits per heavy atom. The van der Waals surface area contributed by atoms with Gasteiger partial charge in [-0.05, 0) is 73.6 Å². The zero-order valence-corrected chi connectivity index (χ0v) is 22.3. The van der Waals surface area contributed by atoms with Gasteiger partial charge in [0.1, 0.15) is 0 Å². The topological polar surface area (TPSA) is 66.4 Å². The normalized spacial score (nSPS) is 15.4. The monoisotopic (exact) mass is 552 g/mol. The number of likely N-dealkylation sites (N-methyl/N-ethyl adjacent to an activating group) is 1. The molecular weight excluding hydrogens is 525 g/mol. The van der Waals surface area contributed by atoms with E-state index in [1.807, 2.05) is 32.2 Å². The van der Waals surface area contributed by atoms with Gasteiger partial charge in [-0.2, -0.15) is 17.5 Å². The number of benzene rings is 2. The van der Waals surface area contributed by atoms with Crippen LogP contribution in [0.3, 0.4) is 0 Å². The van der Waals surface area contributed by atoms with Crippen molar-refractivity contribution in [3.63, 3.8) is 0 Å². The summed E-state index contributed by atoms with van der Waals surface area (Å²) in [6.07, 6.45) is -4.40. The minimum absolute atomic E-state index is 0.218. The molecule has 0 bridgehead atoms. The number of aromatic nitrogens is 2. The number of hydrogen-bond acceptors (Lipinski definition) is 5. The van der Waals surface area contributed by atoms with Crippen LogP contribution in [0.2, 0.25) is 0 Å². The van der Waals surface area contributed by atoms with E-state index in [9.17, 15) is 21.6 Å². The van der Waals surface area contributed by atoms with E-state index in [0.29, 0.717) is 60.1 Å². The summed E-state index contributed by atoms with van der Waals surface area (Å²) in [4.78, 5) is 11.7. The van der Waals surface area contributed by atoms with E-state index in [2.05, 4.69) is 9.88 Å². The van der Waals surface area contributed by atoms with Crippen LogP contribution >= 0.6 is 0 Å². The number of piperazine rings is 1. The number of pyridine rings is 2. The Hall–Kier alpha value is -3.60. The van der Waals surface area contributed by atoms with Crippen LogP contribution in [-0.2, 0) is 16.2 Å². The van der Waals surface area contributed by atoms with Gasteiger partial charge in [-0.1, -0.05) is 30.3 Å². The second kappa shape index (κ2) is 10.5. The average Bonchev–Trinajstić information content (AvgIpc) is 2.93. The van der Waals surface area contributed by atoms with Gasteiger partial charge in [0, 0.05) is 37.4 Å². The highest BCUT2D eigenvalue weighted by Crippen LogP contribution is 2.32. The number of halogens is 3. The summed E-state index contributed by atoms with van der Waals surface area (Å²) in [6, 6.07) is 20.8. The first kappa shape index (κ1) is 27.0. The lowest BCUT2D eigenvalue weighted by atomic mass is 10.0. The van der Waals surface area contributed by atoms with Gasteiger partial charge in [-0.15, -0.1) is 0 Å². The zero-order chi connectivity index (χ0) is 27.8. The van der Waals surface area contributed by atoms with E-state index >= 15 is 0 Å². The highest BCUT2D eigenvalue weighted by atomic mass is 32.2. The molecule has 0 spiro atoms. The van der Waals surface area contributed by atoms with Crippen LogP contribution in [0, 0.1) is 6.92 Å². The third-order valence-electron chi connectivity index (χ3n) is 6.74. The summed E-state index contributed by atoms with van der Waals surface area (Å²) >= 11 is 0. The van der Waals surface area contributed by atoms with Gasteiger partial charge in [0.05, 0.1) is 27.5 Å². The van der Waals surface area contributed by atoms with Crippen molar-refractivity contribution < 1.29 is 21.6 Å². The Bertz CT molecular complexity index is 1600. The van der Waals surface area contributed by atoms with Crippen molar-refractivity contribution in [2.75, 3.05) is 33.2 Å². The van der Waals surface area contributed by atoms with Gasteiger partial charge < -0.3 is 4.90 Å². The summed E-state index contributed by atoms with van der Waals surface area (Å²) in [5.74, 6) is 0. The lowest BCUT2D eigenvalue weighted by Crippen LogP contribution is -2.47. The van der Waals surface area contributed by atoms with Gasteiger partial charge in [0.15, 0.2) is 0 Å². The molecule has 202 valence electrons. The van der Waals surface area contributed by atoms with E-state index < -0.39 is 21.8 Å². The molecule has 1 saturated heterocycles. The first-order chi connectivity index (χ1) is 18.5. The van der Waals surface area contributed by atoms with Crippen LogP contribution < -0.4 is 0 Å². The molecule has 0 radical (unpaired) electrons. The molecule has 0 saturated carbocycles. The van der Waals surface area contributed by atoms with Crippen molar-refractivity contribution in [1.29, 1.82) is 0 Å². The first-order valence-corrected chi connectivity index (χ1v) is 13.9. The van der Waals surface area contributed by atoms with Crippen molar-refractivity contribution in [2.24, 2.45) is 0 Å². The molecule has 5 rings (SSSR count). The molecule has 1 aliphatic rings. The Balaban J connectivity index is 1.46. The van der Waals surface area contributed by atoms with E-state index in [4.69, 9.17) is 4.98 Å². The molecule has 10 heteroatoms. The summed E-state index contributed by atoms with van der Waals surface area (Å²) < 4.78 is 67.0. The summed E-state index contributed by atoms with van der Waals surface area (Å²) in [6.45, 7) is 4.06. The summed E-state index contributed by atoms with van der Waals surface area (Å²) in [5, 5.41) is 0. The van der Waals surface area contributed by atoms with Crippen molar-refractivity contribution in [1.82, 2.24) is 19.2 Å². The standard InChI is InChI=1S/C29H27F3N4O2S/c1-20-17-23(21-9-11-24(12-10-21)29(30,31)32)19-28(33-20)27-8-4-7-26(34-27)22-5-3-6-25(18-22)39(37,38)36-15-13-35(2)14-16-36/h3-12,17-19H,13-16H2,1-2H3. The molecule has 2 aromatic heterocycles. The molecule has 1 fully saturated rings. The third kappa shape index (κ3) is 5.88. The molecule has 0 amide bonds. The highest BCUT2D eigenvalue weighted by molar-refractivity contribution is 7.89. The van der Waals surface area contributed by atoms with E-state index in [0.717, 1.165) is 17.7 Å². The molecule has 3 heterocycles. The fraction of sp³-hybridized carbons (Fsp3) is 0.241. The predicted octanol–water partition coefficient (Wildman–Crippen LogP) is 5.74. The fourth-order valence-corrected chi connectivity index (χ4v) is 6.02. The molecule has 1 aliphatic heterocycles. The van der Waals surface area contributed by atoms with E-state index in [1.165, 1.54) is 16.4 Å². The Labute approximate surface area is 225 Å². The van der Waals surface area contributed by atoms with Gasteiger partial charge in [-0.3, -0.25) is 4.98 Å². The largest absolute Gasteiger partial charge is 0.416 e. The van der Waals surface area contributed by atoms with Crippen molar-refractivity contribution >= 4 is 10.0 Å². The first-order valence-electron chi connectivity index (χ1n) is 12.4. The SMILES string of the molecule is Cc1cc(-c2ccc(C(F)(F)F)cc2)cc(-c2cccc(-c3cccc(S(=O)(=O)N4CCN(C)CC4)c3)n2)n1. The minimum atomic E-state index is -4.40. The third-order valence-corrected chi connectivity index (χ3v) is 8.63. The maximum absolute atomic E-state index is 13.3. The van der Waals surface area contributed by atoms with Crippen molar-refractivity contribution in [3.05, 3.63) is 90.1 Å². The van der Waals surface area contributed by atoms with Crippen LogP contribution in [0.25, 0.3) is 33.8 Å². The molecule has 0 atom stereocenters. The zero-order valence-electron chi connectivity index (χ0n) is 21.5. The van der Waals surface area contributed by atoms with E-state index in [1.54, 1.807) is 36.4 Å². The fourth-order valence-electron chi connectivity index (χ4n) is 4.55. The summed E-state index contributed by atoms with van der Waals surface area (Å²) in [5.41, 5.74) is 3.71. The van der Waals surface area contributed by atoms with Crippen LogP contribution in [0.4, 0.5) is 13.2 Å². The van der Waals surface area contributed by atoms with Gasteiger partial charge in [0.25, 0.3) is 0 Å². The Morgan fingerprint density at radius 3 is 2.08 bits per heavy atom. The second-order valence-corrected chi connectivity index (χ2v) is 11.5. The van der Waals surface area contributed by atoms with Crippen LogP contribution in [0.1, 0.15) is 11.3 Å². The molecule has 0 aliphatic carbocycles. The van der Waals surface area contributed by atoms with Crippen LogP contribution in [0.15, 0.2) is 83.8 Å². The van der Waals surface area contributed by atoms with Crippen LogP contribution in [0.5, 0.6) is 0 Å². The molecule has 0 N–H and O–H groups in total.